The molecular formula is C29H54N2O7. The van der Waals surface area contributed by atoms with Crippen LogP contribution in [-0.4, -0.2) is 59.8 Å². The van der Waals surface area contributed by atoms with E-state index in [2.05, 4.69) is 10.6 Å². The molecule has 0 aromatic carbocycles. The average Bonchev–Trinajstić information content (AvgIpc) is 2.88. The van der Waals surface area contributed by atoms with Crippen LogP contribution >= 0.6 is 0 Å². The molecule has 9 nitrogen and oxygen atoms in total. The van der Waals surface area contributed by atoms with Crippen molar-refractivity contribution in [1.29, 1.82) is 0 Å². The lowest BCUT2D eigenvalue weighted by atomic mass is 10.0. The highest BCUT2D eigenvalue weighted by molar-refractivity contribution is 5.84. The maximum absolute atomic E-state index is 12.1. The number of rotatable bonds is 28. The predicted molar refractivity (Wildman–Crippen MR) is 149 cm³/mol. The van der Waals surface area contributed by atoms with Gasteiger partial charge in [-0.2, -0.15) is 0 Å². The predicted octanol–water partition coefficient (Wildman–Crippen LogP) is 5.60. The number of hydrogen-bond donors (Lipinski definition) is 4. The Hall–Kier alpha value is -2.16. The Labute approximate surface area is 229 Å². The van der Waals surface area contributed by atoms with Crippen LogP contribution in [0.15, 0.2) is 0 Å². The van der Waals surface area contributed by atoms with Gasteiger partial charge >= 0.3 is 11.9 Å². The first kappa shape index (κ1) is 35.8. The van der Waals surface area contributed by atoms with Crippen LogP contribution < -0.4 is 10.6 Å². The second-order valence-corrected chi connectivity index (χ2v) is 10.1. The van der Waals surface area contributed by atoms with Crippen LogP contribution in [0.1, 0.15) is 135 Å². The summed E-state index contributed by atoms with van der Waals surface area (Å²) in [5, 5.41) is 23.2. The highest BCUT2D eigenvalue weighted by atomic mass is 16.5. The lowest BCUT2D eigenvalue weighted by Crippen LogP contribution is -2.41. The van der Waals surface area contributed by atoms with Gasteiger partial charge in [-0.3, -0.25) is 14.4 Å². The van der Waals surface area contributed by atoms with Gasteiger partial charge in [-0.05, 0) is 26.2 Å². The van der Waals surface area contributed by atoms with Gasteiger partial charge in [-0.25, -0.2) is 4.79 Å². The molecule has 9 heteroatoms. The summed E-state index contributed by atoms with van der Waals surface area (Å²) in [6.07, 6.45) is 19.0. The van der Waals surface area contributed by atoms with Gasteiger partial charge in [0.15, 0.2) is 0 Å². The largest absolute Gasteiger partial charge is 0.481 e. The van der Waals surface area contributed by atoms with Crippen molar-refractivity contribution in [2.45, 2.75) is 141 Å². The fourth-order valence-corrected chi connectivity index (χ4v) is 4.33. The molecule has 0 fully saturated rings. The molecule has 222 valence electrons. The van der Waals surface area contributed by atoms with E-state index in [0.29, 0.717) is 32.6 Å². The van der Waals surface area contributed by atoms with Crippen LogP contribution in [0.4, 0.5) is 0 Å². The molecule has 0 saturated carbocycles. The summed E-state index contributed by atoms with van der Waals surface area (Å²) in [5.74, 6) is -2.33. The fourth-order valence-electron chi connectivity index (χ4n) is 4.33. The third kappa shape index (κ3) is 25.5. The molecule has 1 atom stereocenters. The minimum Gasteiger partial charge on any atom is -0.481 e. The van der Waals surface area contributed by atoms with E-state index in [-0.39, 0.29) is 24.7 Å². The number of hydrogen-bond acceptors (Lipinski definition) is 5. The lowest BCUT2D eigenvalue weighted by molar-refractivity contribution is -0.142. The fraction of sp³-hybridized carbons (Fsp3) is 0.862. The Bertz CT molecular complexity index is 628. The summed E-state index contributed by atoms with van der Waals surface area (Å²) in [7, 11) is 0. The molecule has 0 unspecified atom stereocenters. The van der Waals surface area contributed by atoms with Crippen molar-refractivity contribution >= 4 is 23.8 Å². The van der Waals surface area contributed by atoms with Gasteiger partial charge in [0.25, 0.3) is 0 Å². The number of unbranched alkanes of at least 4 members (excludes halogenated alkanes) is 15. The molecule has 0 saturated heterocycles. The Kier molecular flexibility index (Phi) is 24.9. The summed E-state index contributed by atoms with van der Waals surface area (Å²) in [4.78, 5) is 45.8. The van der Waals surface area contributed by atoms with E-state index in [1.165, 1.54) is 64.2 Å². The van der Waals surface area contributed by atoms with Crippen LogP contribution in [-0.2, 0) is 23.9 Å². The van der Waals surface area contributed by atoms with E-state index < -0.39 is 18.0 Å². The average molecular weight is 543 g/mol. The SMILES string of the molecule is CCOCCNC(=O)CC[C@H](NC(=O)CCCCCCCCCCCCCCCCCCC(=O)O)C(=O)O. The van der Waals surface area contributed by atoms with Crippen LogP contribution in [0.5, 0.6) is 0 Å². The molecule has 0 aliphatic heterocycles. The zero-order valence-electron chi connectivity index (χ0n) is 23.8. The number of aliphatic carboxylic acids is 2. The summed E-state index contributed by atoms with van der Waals surface area (Å²) in [6.45, 7) is 3.25. The Morgan fingerprint density at radius 2 is 1.08 bits per heavy atom. The Morgan fingerprint density at radius 1 is 0.632 bits per heavy atom. The van der Waals surface area contributed by atoms with Gasteiger partial charge in [0.1, 0.15) is 6.04 Å². The summed E-state index contributed by atoms with van der Waals surface area (Å²) in [5.41, 5.74) is 0. The van der Waals surface area contributed by atoms with Crippen molar-refractivity contribution in [1.82, 2.24) is 10.6 Å². The first-order valence-electron chi connectivity index (χ1n) is 14.9. The molecule has 38 heavy (non-hydrogen) atoms. The minimum absolute atomic E-state index is 0.0426. The van der Waals surface area contributed by atoms with Gasteiger partial charge in [0.2, 0.25) is 11.8 Å². The van der Waals surface area contributed by atoms with Gasteiger partial charge in [-0.15, -0.1) is 0 Å². The number of ether oxygens (including phenoxy) is 1. The molecule has 0 heterocycles. The minimum atomic E-state index is -1.12. The maximum atomic E-state index is 12.1. The molecule has 0 radical (unpaired) electrons. The van der Waals surface area contributed by atoms with Crippen molar-refractivity contribution in [2.75, 3.05) is 19.8 Å². The second-order valence-electron chi connectivity index (χ2n) is 10.1. The number of carboxylic acid groups (broad SMARTS) is 2. The lowest BCUT2D eigenvalue weighted by Gasteiger charge is -2.14. The highest BCUT2D eigenvalue weighted by Gasteiger charge is 2.20. The van der Waals surface area contributed by atoms with E-state index in [4.69, 9.17) is 9.84 Å². The van der Waals surface area contributed by atoms with Crippen LogP contribution in [0, 0.1) is 0 Å². The molecule has 2 amide bonds. The van der Waals surface area contributed by atoms with Crippen molar-refractivity contribution in [3.8, 4) is 0 Å². The van der Waals surface area contributed by atoms with Crippen LogP contribution in [0.3, 0.4) is 0 Å². The van der Waals surface area contributed by atoms with E-state index in [0.717, 1.165) is 38.5 Å². The number of amides is 2. The monoisotopic (exact) mass is 542 g/mol. The summed E-state index contributed by atoms with van der Waals surface area (Å²) < 4.78 is 5.14. The van der Waals surface area contributed by atoms with E-state index in [1.54, 1.807) is 0 Å². The molecular weight excluding hydrogens is 488 g/mol. The Morgan fingerprint density at radius 3 is 1.50 bits per heavy atom. The smallest absolute Gasteiger partial charge is 0.326 e. The standard InChI is InChI=1S/C29H54N2O7/c1-2-38-24-23-30-26(32)22-21-25(29(36)37)31-27(33)19-17-15-13-11-9-7-5-3-4-6-8-10-12-14-16-18-20-28(34)35/h25H,2-24H2,1H3,(H,30,32)(H,31,33)(H,34,35)(H,36,37)/t25-/m0/s1. The summed E-state index contributed by atoms with van der Waals surface area (Å²) >= 11 is 0. The van der Waals surface area contributed by atoms with Crippen LogP contribution in [0.25, 0.3) is 0 Å². The molecule has 0 spiro atoms. The highest BCUT2D eigenvalue weighted by Crippen LogP contribution is 2.14. The Balaban J connectivity index is 3.55. The number of nitrogens with one attached hydrogen (secondary N) is 2. The van der Waals surface area contributed by atoms with Gasteiger partial charge in [0.05, 0.1) is 6.61 Å². The van der Waals surface area contributed by atoms with Gasteiger partial charge < -0.3 is 25.6 Å². The first-order valence-corrected chi connectivity index (χ1v) is 14.9. The number of carbonyl (C=O) groups excluding carboxylic acids is 2. The first-order chi connectivity index (χ1) is 18.4. The second kappa shape index (κ2) is 26.4. The molecule has 0 aliphatic rings. The number of carboxylic acids is 2. The molecule has 0 aromatic rings. The van der Waals surface area contributed by atoms with Crippen molar-refractivity contribution in [3.05, 3.63) is 0 Å². The number of carbonyl (C=O) groups is 4. The molecule has 4 N–H and O–H groups in total. The third-order valence-electron chi connectivity index (χ3n) is 6.61. The molecule has 0 aliphatic carbocycles. The molecule has 0 rings (SSSR count). The van der Waals surface area contributed by atoms with Crippen molar-refractivity contribution < 1.29 is 34.1 Å². The molecule has 0 bridgehead atoms. The van der Waals surface area contributed by atoms with Crippen molar-refractivity contribution in [3.63, 3.8) is 0 Å². The van der Waals surface area contributed by atoms with Gasteiger partial charge in [0, 0.05) is 32.4 Å². The van der Waals surface area contributed by atoms with Gasteiger partial charge in [-0.1, -0.05) is 89.9 Å². The topological polar surface area (TPSA) is 142 Å². The third-order valence-corrected chi connectivity index (χ3v) is 6.61. The zero-order valence-corrected chi connectivity index (χ0v) is 23.8. The summed E-state index contributed by atoms with van der Waals surface area (Å²) in [6, 6.07) is -1.05. The van der Waals surface area contributed by atoms with E-state index >= 15 is 0 Å². The van der Waals surface area contributed by atoms with Crippen LogP contribution in [0.2, 0.25) is 0 Å². The normalized spacial score (nSPS) is 11.7. The maximum Gasteiger partial charge on any atom is 0.326 e. The zero-order chi connectivity index (χ0) is 28.3. The van der Waals surface area contributed by atoms with E-state index in [1.807, 2.05) is 6.92 Å². The van der Waals surface area contributed by atoms with E-state index in [9.17, 15) is 24.3 Å². The molecule has 0 aromatic heterocycles. The quantitative estimate of drug-likeness (QED) is 0.0943. The van der Waals surface area contributed by atoms with Crippen molar-refractivity contribution in [2.24, 2.45) is 0 Å².